The fourth-order valence-electron chi connectivity index (χ4n) is 2.75. The molecule has 11 heteroatoms. The van der Waals surface area contributed by atoms with Crippen LogP contribution in [-0.2, 0) is 17.1 Å². The predicted molar refractivity (Wildman–Crippen MR) is 109 cm³/mol. The first-order chi connectivity index (χ1) is 14.1. The second-order valence-electron chi connectivity index (χ2n) is 5.98. The number of non-ortho nitro benzene ring substituents is 1. The van der Waals surface area contributed by atoms with E-state index in [9.17, 15) is 10.1 Å². The van der Waals surface area contributed by atoms with Crippen molar-refractivity contribution in [3.8, 4) is 11.5 Å². The fraction of sp³-hybridized carbons (Fsp3) is 0.222. The van der Waals surface area contributed by atoms with Crippen molar-refractivity contribution in [2.45, 2.75) is 16.7 Å². The molecule has 1 aliphatic rings. The average Bonchev–Trinajstić information content (AvgIpc) is 3.19. The van der Waals surface area contributed by atoms with E-state index in [-0.39, 0.29) is 12.5 Å². The number of fused-ring (bicyclic) bond motifs is 1. The highest BCUT2D eigenvalue weighted by Gasteiger charge is 2.21. The van der Waals surface area contributed by atoms with Crippen LogP contribution in [0.5, 0.6) is 11.5 Å². The fourth-order valence-corrected chi connectivity index (χ4v) is 4.49. The number of aromatic nitrogens is 2. The minimum Gasteiger partial charge on any atom is -0.497 e. The van der Waals surface area contributed by atoms with Crippen molar-refractivity contribution in [1.29, 1.82) is 0 Å². The molecule has 2 aromatic carbocycles. The summed E-state index contributed by atoms with van der Waals surface area (Å²) in [6.07, 6.45) is 0. The molecular formula is C18H16N4O5S2. The lowest BCUT2D eigenvalue weighted by Gasteiger charge is -2.20. The van der Waals surface area contributed by atoms with E-state index in [1.807, 2.05) is 24.3 Å². The first-order valence-electron chi connectivity index (χ1n) is 8.50. The van der Waals surface area contributed by atoms with Gasteiger partial charge in [0.1, 0.15) is 11.5 Å². The molecule has 1 aliphatic heterocycles. The second-order valence-corrected chi connectivity index (χ2v) is 8.18. The van der Waals surface area contributed by atoms with Gasteiger partial charge in [0, 0.05) is 34.7 Å². The Balaban J connectivity index is 1.45. The monoisotopic (exact) mass is 432 g/mol. The number of hydrogen-bond donors (Lipinski definition) is 1. The number of ether oxygens (including phenoxy) is 3. The van der Waals surface area contributed by atoms with E-state index in [4.69, 9.17) is 14.2 Å². The molecule has 4 rings (SSSR count). The highest BCUT2D eigenvalue weighted by Crippen LogP contribution is 2.37. The third kappa shape index (κ3) is 4.58. The first-order valence-corrected chi connectivity index (χ1v) is 10.3. The van der Waals surface area contributed by atoms with Crippen LogP contribution in [0.25, 0.3) is 0 Å². The summed E-state index contributed by atoms with van der Waals surface area (Å²) in [5.74, 6) is 1.90. The van der Waals surface area contributed by atoms with Crippen LogP contribution < -0.4 is 14.8 Å². The molecule has 0 saturated carbocycles. The van der Waals surface area contributed by atoms with Crippen LogP contribution in [0.1, 0.15) is 11.1 Å². The molecule has 2 heterocycles. The van der Waals surface area contributed by atoms with Crippen LogP contribution in [0.2, 0.25) is 0 Å². The topological polar surface area (TPSA) is 109 Å². The third-order valence-electron chi connectivity index (χ3n) is 4.08. The van der Waals surface area contributed by atoms with Crippen LogP contribution in [0.3, 0.4) is 0 Å². The lowest BCUT2D eigenvalue weighted by molar-refractivity contribution is -0.385. The molecule has 3 aromatic rings. The second kappa shape index (κ2) is 8.64. The molecule has 29 heavy (non-hydrogen) atoms. The molecular weight excluding hydrogens is 416 g/mol. The predicted octanol–water partition coefficient (Wildman–Crippen LogP) is 4.36. The van der Waals surface area contributed by atoms with Crippen LogP contribution in [0, 0.1) is 10.1 Å². The zero-order valence-electron chi connectivity index (χ0n) is 15.3. The van der Waals surface area contributed by atoms with E-state index in [1.54, 1.807) is 7.11 Å². The molecule has 0 spiro atoms. The molecule has 0 fully saturated rings. The molecule has 0 amide bonds. The van der Waals surface area contributed by atoms with Crippen molar-refractivity contribution in [2.24, 2.45) is 0 Å². The first kappa shape index (κ1) is 19.4. The van der Waals surface area contributed by atoms with Gasteiger partial charge in [-0.05, 0) is 24.3 Å². The summed E-state index contributed by atoms with van der Waals surface area (Å²) in [7, 11) is 1.62. The Morgan fingerprint density at radius 1 is 1.31 bits per heavy atom. The van der Waals surface area contributed by atoms with Crippen LogP contribution in [-0.4, -0.2) is 29.0 Å². The maximum absolute atomic E-state index is 11.2. The van der Waals surface area contributed by atoms with Crippen molar-refractivity contribution >= 4 is 39.6 Å². The van der Waals surface area contributed by atoms with Gasteiger partial charge in [-0.2, -0.15) is 0 Å². The SMILES string of the molecule is COc1ccc(Nc2nnc(SCc3cc([N+](=O)[O-])cc4c3OCOC4)s2)cc1. The Bertz CT molecular complexity index is 1030. The number of nitrogens with zero attached hydrogens (tertiary/aromatic N) is 3. The number of thioether (sulfide) groups is 1. The zero-order valence-corrected chi connectivity index (χ0v) is 16.9. The normalized spacial score (nSPS) is 12.7. The Morgan fingerprint density at radius 3 is 2.90 bits per heavy atom. The number of nitrogens with one attached hydrogen (secondary N) is 1. The molecule has 0 saturated heterocycles. The lowest BCUT2D eigenvalue weighted by atomic mass is 10.1. The van der Waals surface area contributed by atoms with E-state index in [1.165, 1.54) is 35.2 Å². The third-order valence-corrected chi connectivity index (χ3v) is 6.10. The van der Waals surface area contributed by atoms with Gasteiger partial charge in [-0.1, -0.05) is 23.1 Å². The van der Waals surface area contributed by atoms with Crippen molar-refractivity contribution < 1.29 is 19.1 Å². The van der Waals surface area contributed by atoms with E-state index >= 15 is 0 Å². The number of benzene rings is 2. The van der Waals surface area contributed by atoms with Gasteiger partial charge in [0.25, 0.3) is 5.69 Å². The van der Waals surface area contributed by atoms with Gasteiger partial charge >= 0.3 is 0 Å². The van der Waals surface area contributed by atoms with Gasteiger partial charge in [-0.3, -0.25) is 10.1 Å². The number of nitro groups is 1. The Labute approximate surface area is 174 Å². The van der Waals surface area contributed by atoms with Crippen molar-refractivity contribution in [2.75, 3.05) is 19.2 Å². The van der Waals surface area contributed by atoms with Gasteiger partial charge in [0.15, 0.2) is 11.1 Å². The summed E-state index contributed by atoms with van der Waals surface area (Å²) in [5, 5.41) is 23.4. The highest BCUT2D eigenvalue weighted by atomic mass is 32.2. The highest BCUT2D eigenvalue weighted by molar-refractivity contribution is 8.00. The largest absolute Gasteiger partial charge is 0.497 e. The number of nitro benzene ring substituents is 1. The van der Waals surface area contributed by atoms with Gasteiger partial charge in [0.05, 0.1) is 18.6 Å². The van der Waals surface area contributed by atoms with Gasteiger partial charge in [0.2, 0.25) is 5.13 Å². The summed E-state index contributed by atoms with van der Waals surface area (Å²) in [5.41, 5.74) is 2.31. The number of hydrogen-bond acceptors (Lipinski definition) is 10. The van der Waals surface area contributed by atoms with Crippen molar-refractivity contribution in [3.63, 3.8) is 0 Å². The van der Waals surface area contributed by atoms with Crippen molar-refractivity contribution in [1.82, 2.24) is 10.2 Å². The van der Waals surface area contributed by atoms with Gasteiger partial charge in [-0.15, -0.1) is 10.2 Å². The van der Waals surface area contributed by atoms with Crippen LogP contribution >= 0.6 is 23.1 Å². The Morgan fingerprint density at radius 2 is 2.14 bits per heavy atom. The quantitative estimate of drug-likeness (QED) is 0.331. The molecule has 1 N–H and O–H groups in total. The molecule has 0 aliphatic carbocycles. The molecule has 1 aromatic heterocycles. The number of rotatable bonds is 7. The van der Waals surface area contributed by atoms with Gasteiger partial charge in [-0.25, -0.2) is 0 Å². The van der Waals surface area contributed by atoms with Crippen molar-refractivity contribution in [3.05, 3.63) is 57.6 Å². The maximum atomic E-state index is 11.2. The van der Waals surface area contributed by atoms with E-state index in [2.05, 4.69) is 15.5 Å². The Hall–Kier alpha value is -2.89. The summed E-state index contributed by atoms with van der Waals surface area (Å²) in [6.45, 7) is 0.431. The minimum absolute atomic E-state index is 0.0209. The summed E-state index contributed by atoms with van der Waals surface area (Å²) >= 11 is 2.85. The van der Waals surface area contributed by atoms with E-state index in [0.717, 1.165) is 21.3 Å². The summed E-state index contributed by atoms with van der Waals surface area (Å²) in [6, 6.07) is 10.5. The van der Waals surface area contributed by atoms with Crippen LogP contribution in [0.15, 0.2) is 40.7 Å². The number of anilines is 2. The molecule has 0 bridgehead atoms. The number of methoxy groups -OCH3 is 1. The molecule has 0 atom stereocenters. The maximum Gasteiger partial charge on any atom is 0.270 e. The minimum atomic E-state index is -0.412. The molecule has 150 valence electrons. The van der Waals surface area contributed by atoms with Gasteiger partial charge < -0.3 is 19.5 Å². The summed E-state index contributed by atoms with van der Waals surface area (Å²) < 4.78 is 16.7. The standard InChI is InChI=1S/C18H16N4O5S2/c1-25-15-4-2-13(3-5-15)19-17-20-21-18(29-17)28-9-12-7-14(22(23)24)6-11-8-26-10-27-16(11)12/h2-7H,8-10H2,1H3,(H,19,20). The molecule has 0 radical (unpaired) electrons. The van der Waals surface area contributed by atoms with E-state index < -0.39 is 4.92 Å². The zero-order chi connectivity index (χ0) is 20.2. The lowest BCUT2D eigenvalue weighted by Crippen LogP contribution is -2.13. The van der Waals surface area contributed by atoms with Crippen LogP contribution in [0.4, 0.5) is 16.5 Å². The molecule has 0 unspecified atom stereocenters. The Kier molecular flexibility index (Phi) is 5.79. The smallest absolute Gasteiger partial charge is 0.270 e. The van der Waals surface area contributed by atoms with E-state index in [0.29, 0.717) is 28.8 Å². The molecule has 9 nitrogen and oxygen atoms in total. The average molecular weight is 432 g/mol. The summed E-state index contributed by atoms with van der Waals surface area (Å²) in [4.78, 5) is 10.8.